The summed E-state index contributed by atoms with van der Waals surface area (Å²) in [5.74, 6) is 0.851. The lowest BCUT2D eigenvalue weighted by atomic mass is 10.3. The van der Waals surface area contributed by atoms with Crippen LogP contribution in [0.1, 0.15) is 25.7 Å². The van der Waals surface area contributed by atoms with Crippen molar-refractivity contribution in [2.45, 2.75) is 31.8 Å². The molecule has 2 heteroatoms. The summed E-state index contributed by atoms with van der Waals surface area (Å²) in [7, 11) is 0. The van der Waals surface area contributed by atoms with Gasteiger partial charge in [0.05, 0.1) is 12.3 Å². The summed E-state index contributed by atoms with van der Waals surface area (Å²) < 4.78 is 5.68. The normalized spacial score (nSPS) is 18.0. The largest absolute Gasteiger partial charge is 0.489 e. The van der Waals surface area contributed by atoms with Gasteiger partial charge in [0.1, 0.15) is 5.75 Å². The Bertz CT molecular complexity index is 229. The highest BCUT2D eigenvalue weighted by molar-refractivity contribution is 5.15. The van der Waals surface area contributed by atoms with Crippen LogP contribution in [0.5, 0.6) is 5.75 Å². The molecule has 1 heterocycles. The molecule has 2 rings (SSSR count). The molecule has 12 heavy (non-hydrogen) atoms. The standard InChI is InChI=1S/C10H12NO/c1-2-5-9(4-1)12-10-6-3-7-11-8-10/h6-9H,1-2,4-5H2. The summed E-state index contributed by atoms with van der Waals surface area (Å²) in [6.45, 7) is 0. The van der Waals surface area contributed by atoms with Gasteiger partial charge in [-0.3, -0.25) is 4.98 Å². The van der Waals surface area contributed by atoms with Crippen molar-refractivity contribution in [3.8, 4) is 5.75 Å². The Balaban J connectivity index is 1.94. The maximum atomic E-state index is 5.68. The summed E-state index contributed by atoms with van der Waals surface area (Å²) in [4.78, 5) is 3.95. The molecule has 1 radical (unpaired) electrons. The lowest BCUT2D eigenvalue weighted by molar-refractivity contribution is 0.209. The SMILES string of the molecule is [c]1cncc(OC2CCCC2)c1. The third kappa shape index (κ3) is 1.76. The van der Waals surface area contributed by atoms with Gasteiger partial charge in [0.25, 0.3) is 0 Å². The highest BCUT2D eigenvalue weighted by Crippen LogP contribution is 2.22. The molecule has 1 saturated carbocycles. The fourth-order valence-electron chi connectivity index (χ4n) is 1.57. The summed E-state index contributed by atoms with van der Waals surface area (Å²) in [5.41, 5.74) is 0. The molecule has 1 aromatic rings. The summed E-state index contributed by atoms with van der Waals surface area (Å²) >= 11 is 0. The van der Waals surface area contributed by atoms with Crippen LogP contribution in [-0.4, -0.2) is 11.1 Å². The van der Waals surface area contributed by atoms with Crippen molar-refractivity contribution in [1.29, 1.82) is 0 Å². The molecule has 0 aromatic carbocycles. The van der Waals surface area contributed by atoms with E-state index in [1.807, 2.05) is 6.07 Å². The number of pyridine rings is 1. The number of ether oxygens (including phenoxy) is 1. The quantitative estimate of drug-likeness (QED) is 0.665. The maximum Gasteiger partial charge on any atom is 0.138 e. The Morgan fingerprint density at radius 3 is 2.92 bits per heavy atom. The first-order valence-electron chi connectivity index (χ1n) is 4.43. The summed E-state index contributed by atoms with van der Waals surface area (Å²) in [6.07, 6.45) is 8.78. The second kappa shape index (κ2) is 3.57. The Labute approximate surface area is 72.6 Å². The first-order chi connectivity index (χ1) is 5.95. The van der Waals surface area contributed by atoms with Crippen LogP contribution in [0.4, 0.5) is 0 Å². The van der Waals surface area contributed by atoms with Gasteiger partial charge in [-0.25, -0.2) is 0 Å². The van der Waals surface area contributed by atoms with E-state index in [1.165, 1.54) is 25.7 Å². The first-order valence-corrected chi connectivity index (χ1v) is 4.43. The summed E-state index contributed by atoms with van der Waals surface area (Å²) in [6, 6.07) is 4.74. The molecule has 1 aromatic heterocycles. The minimum atomic E-state index is 0.419. The maximum absolute atomic E-state index is 5.68. The van der Waals surface area contributed by atoms with Crippen molar-refractivity contribution in [2.24, 2.45) is 0 Å². The van der Waals surface area contributed by atoms with Crippen molar-refractivity contribution < 1.29 is 4.74 Å². The fraction of sp³-hybridized carbons (Fsp3) is 0.500. The van der Waals surface area contributed by atoms with Crippen molar-refractivity contribution in [1.82, 2.24) is 4.98 Å². The topological polar surface area (TPSA) is 22.1 Å². The highest BCUT2D eigenvalue weighted by Gasteiger charge is 2.15. The van der Waals surface area contributed by atoms with E-state index >= 15 is 0 Å². The number of nitrogens with zero attached hydrogens (tertiary/aromatic N) is 1. The zero-order valence-corrected chi connectivity index (χ0v) is 6.99. The third-order valence-corrected chi connectivity index (χ3v) is 2.18. The molecule has 63 valence electrons. The van der Waals surface area contributed by atoms with E-state index in [0.29, 0.717) is 6.10 Å². The second-order valence-corrected chi connectivity index (χ2v) is 3.14. The van der Waals surface area contributed by atoms with Gasteiger partial charge in [-0.05, 0) is 31.7 Å². The Morgan fingerprint density at radius 1 is 1.42 bits per heavy atom. The van der Waals surface area contributed by atoms with E-state index in [2.05, 4.69) is 11.1 Å². The monoisotopic (exact) mass is 162 g/mol. The molecule has 0 aliphatic heterocycles. The average Bonchev–Trinajstić information content (AvgIpc) is 2.59. The van der Waals surface area contributed by atoms with E-state index in [1.54, 1.807) is 12.4 Å². The van der Waals surface area contributed by atoms with Gasteiger partial charge in [-0.2, -0.15) is 0 Å². The molecule has 0 N–H and O–H groups in total. The molecule has 0 bridgehead atoms. The molecule has 1 fully saturated rings. The van der Waals surface area contributed by atoms with Crippen LogP contribution in [0.25, 0.3) is 0 Å². The zero-order valence-electron chi connectivity index (χ0n) is 6.99. The van der Waals surface area contributed by atoms with E-state index in [9.17, 15) is 0 Å². The minimum Gasteiger partial charge on any atom is -0.489 e. The highest BCUT2D eigenvalue weighted by atomic mass is 16.5. The lowest BCUT2D eigenvalue weighted by Gasteiger charge is -2.11. The Kier molecular flexibility index (Phi) is 2.26. The molecular formula is C10H12NO. The van der Waals surface area contributed by atoms with E-state index in [4.69, 9.17) is 4.74 Å². The molecule has 0 amide bonds. The van der Waals surface area contributed by atoms with Crippen molar-refractivity contribution >= 4 is 0 Å². The van der Waals surface area contributed by atoms with Crippen LogP contribution in [0.3, 0.4) is 0 Å². The van der Waals surface area contributed by atoms with Crippen molar-refractivity contribution in [3.05, 3.63) is 24.5 Å². The molecule has 0 unspecified atom stereocenters. The minimum absolute atomic E-state index is 0.419. The Morgan fingerprint density at radius 2 is 2.25 bits per heavy atom. The van der Waals surface area contributed by atoms with E-state index in [-0.39, 0.29) is 0 Å². The predicted octanol–water partition coefficient (Wildman–Crippen LogP) is 2.20. The van der Waals surface area contributed by atoms with E-state index in [0.717, 1.165) is 5.75 Å². The molecular weight excluding hydrogens is 150 g/mol. The van der Waals surface area contributed by atoms with Crippen LogP contribution in [0.15, 0.2) is 18.5 Å². The summed E-state index contributed by atoms with van der Waals surface area (Å²) in [5, 5.41) is 0. The zero-order chi connectivity index (χ0) is 8.23. The Hall–Kier alpha value is -1.05. The van der Waals surface area contributed by atoms with Crippen LogP contribution in [-0.2, 0) is 0 Å². The van der Waals surface area contributed by atoms with Gasteiger partial charge in [0.15, 0.2) is 0 Å². The number of aromatic nitrogens is 1. The van der Waals surface area contributed by atoms with Crippen LogP contribution in [0, 0.1) is 6.07 Å². The van der Waals surface area contributed by atoms with Gasteiger partial charge < -0.3 is 4.74 Å². The van der Waals surface area contributed by atoms with Gasteiger partial charge in [-0.15, -0.1) is 0 Å². The number of rotatable bonds is 2. The van der Waals surface area contributed by atoms with E-state index < -0.39 is 0 Å². The van der Waals surface area contributed by atoms with Crippen LogP contribution < -0.4 is 4.74 Å². The lowest BCUT2D eigenvalue weighted by Crippen LogP contribution is -2.10. The second-order valence-electron chi connectivity index (χ2n) is 3.14. The predicted molar refractivity (Wildman–Crippen MR) is 46.0 cm³/mol. The van der Waals surface area contributed by atoms with Gasteiger partial charge in [0.2, 0.25) is 0 Å². The van der Waals surface area contributed by atoms with Crippen molar-refractivity contribution in [3.63, 3.8) is 0 Å². The van der Waals surface area contributed by atoms with Gasteiger partial charge in [-0.1, -0.05) is 0 Å². The van der Waals surface area contributed by atoms with Gasteiger partial charge in [0, 0.05) is 12.3 Å². The van der Waals surface area contributed by atoms with Crippen LogP contribution >= 0.6 is 0 Å². The fourth-order valence-corrected chi connectivity index (χ4v) is 1.57. The first kappa shape index (κ1) is 7.59. The number of hydrogen-bond acceptors (Lipinski definition) is 2. The smallest absolute Gasteiger partial charge is 0.138 e. The third-order valence-electron chi connectivity index (χ3n) is 2.18. The molecule has 1 aliphatic rings. The molecule has 0 spiro atoms. The molecule has 0 atom stereocenters. The molecule has 2 nitrogen and oxygen atoms in total. The van der Waals surface area contributed by atoms with Gasteiger partial charge >= 0.3 is 0 Å². The van der Waals surface area contributed by atoms with Crippen LogP contribution in [0.2, 0.25) is 0 Å². The number of hydrogen-bond donors (Lipinski definition) is 0. The molecule has 0 saturated heterocycles. The average molecular weight is 162 g/mol. The van der Waals surface area contributed by atoms with Crippen molar-refractivity contribution in [2.75, 3.05) is 0 Å². The molecule has 1 aliphatic carbocycles.